The molecule has 0 atom stereocenters. The van der Waals surface area contributed by atoms with Crippen LogP contribution in [0.5, 0.6) is 0 Å². The molecule has 0 unspecified atom stereocenters. The number of fused-ring (bicyclic) bond motifs is 1. The van der Waals surface area contributed by atoms with Gasteiger partial charge in [-0.1, -0.05) is 29.8 Å². The van der Waals surface area contributed by atoms with Crippen LogP contribution in [0.4, 0.5) is 17.5 Å². The number of rotatable bonds is 3. The second kappa shape index (κ2) is 6.63. The van der Waals surface area contributed by atoms with Gasteiger partial charge in [0.05, 0.1) is 18.7 Å². The van der Waals surface area contributed by atoms with Crippen LogP contribution in [0, 0.1) is 0 Å². The molecule has 3 aromatic rings. The van der Waals surface area contributed by atoms with Crippen molar-refractivity contribution >= 4 is 40.0 Å². The van der Waals surface area contributed by atoms with Gasteiger partial charge in [0.1, 0.15) is 5.82 Å². The monoisotopic (exact) mass is 340 g/mol. The van der Waals surface area contributed by atoms with Crippen molar-refractivity contribution in [2.75, 3.05) is 36.5 Å². The molecular formula is C18H17ClN4O. The van der Waals surface area contributed by atoms with Crippen LogP contribution in [0.1, 0.15) is 0 Å². The van der Waals surface area contributed by atoms with E-state index < -0.39 is 0 Å². The summed E-state index contributed by atoms with van der Waals surface area (Å²) < 4.78 is 5.42. The zero-order valence-corrected chi connectivity index (χ0v) is 13.8. The number of aromatic nitrogens is 2. The average molecular weight is 341 g/mol. The van der Waals surface area contributed by atoms with E-state index in [1.165, 1.54) is 0 Å². The zero-order chi connectivity index (χ0) is 16.4. The number of nitrogens with one attached hydrogen (secondary N) is 1. The van der Waals surface area contributed by atoms with Gasteiger partial charge in [-0.05, 0) is 30.3 Å². The molecule has 6 heteroatoms. The molecule has 1 aliphatic heterocycles. The molecular weight excluding hydrogens is 324 g/mol. The standard InChI is InChI=1S/C18H17ClN4O/c19-13-4-3-5-14(12-13)20-17-15-6-1-2-7-16(15)21-18(22-17)23-8-10-24-11-9-23/h1-7,12H,8-11H2,(H,20,21,22). The molecule has 122 valence electrons. The minimum Gasteiger partial charge on any atom is -0.378 e. The van der Waals surface area contributed by atoms with E-state index in [4.69, 9.17) is 26.3 Å². The van der Waals surface area contributed by atoms with Gasteiger partial charge in [0.2, 0.25) is 5.95 Å². The number of halogens is 1. The summed E-state index contributed by atoms with van der Waals surface area (Å²) in [6, 6.07) is 15.6. The van der Waals surface area contributed by atoms with E-state index in [-0.39, 0.29) is 0 Å². The number of hydrogen-bond acceptors (Lipinski definition) is 5. The smallest absolute Gasteiger partial charge is 0.228 e. The summed E-state index contributed by atoms with van der Waals surface area (Å²) in [7, 11) is 0. The largest absolute Gasteiger partial charge is 0.378 e. The molecule has 1 fully saturated rings. The predicted molar refractivity (Wildman–Crippen MR) is 97.3 cm³/mol. The lowest BCUT2D eigenvalue weighted by Gasteiger charge is -2.27. The molecule has 0 amide bonds. The third-order valence-corrected chi connectivity index (χ3v) is 4.21. The molecule has 0 aliphatic carbocycles. The molecule has 1 N–H and O–H groups in total. The highest BCUT2D eigenvalue weighted by molar-refractivity contribution is 6.30. The Balaban J connectivity index is 1.77. The first-order valence-electron chi connectivity index (χ1n) is 7.92. The highest BCUT2D eigenvalue weighted by atomic mass is 35.5. The lowest BCUT2D eigenvalue weighted by Crippen LogP contribution is -2.37. The first-order chi connectivity index (χ1) is 11.8. The van der Waals surface area contributed by atoms with E-state index in [1.54, 1.807) is 0 Å². The second-order valence-corrected chi connectivity index (χ2v) is 6.06. The van der Waals surface area contributed by atoms with Gasteiger partial charge in [-0.2, -0.15) is 4.98 Å². The van der Waals surface area contributed by atoms with Crippen molar-refractivity contribution in [1.82, 2.24) is 9.97 Å². The van der Waals surface area contributed by atoms with Crippen molar-refractivity contribution in [1.29, 1.82) is 0 Å². The Bertz CT molecular complexity index is 865. The zero-order valence-electron chi connectivity index (χ0n) is 13.1. The fourth-order valence-corrected chi connectivity index (χ4v) is 2.96. The Kier molecular flexibility index (Phi) is 4.19. The third kappa shape index (κ3) is 3.13. The van der Waals surface area contributed by atoms with Gasteiger partial charge in [-0.25, -0.2) is 4.98 Å². The highest BCUT2D eigenvalue weighted by Crippen LogP contribution is 2.27. The molecule has 0 radical (unpaired) electrons. The summed E-state index contributed by atoms with van der Waals surface area (Å²) in [4.78, 5) is 11.6. The first-order valence-corrected chi connectivity index (χ1v) is 8.29. The minimum atomic E-state index is 0.687. The molecule has 2 heterocycles. The van der Waals surface area contributed by atoms with E-state index in [0.29, 0.717) is 18.2 Å². The molecule has 5 nitrogen and oxygen atoms in total. The number of anilines is 3. The number of para-hydroxylation sites is 1. The van der Waals surface area contributed by atoms with Crippen molar-refractivity contribution < 1.29 is 4.74 Å². The normalized spacial score (nSPS) is 14.8. The Hall–Kier alpha value is -2.37. The van der Waals surface area contributed by atoms with Crippen LogP contribution < -0.4 is 10.2 Å². The Morgan fingerprint density at radius 3 is 2.67 bits per heavy atom. The topological polar surface area (TPSA) is 50.3 Å². The SMILES string of the molecule is Clc1cccc(Nc2nc(N3CCOCC3)nc3ccccc23)c1. The maximum absolute atomic E-state index is 6.09. The van der Waals surface area contributed by atoms with Gasteiger partial charge >= 0.3 is 0 Å². The molecule has 1 saturated heterocycles. The second-order valence-electron chi connectivity index (χ2n) is 5.62. The molecule has 1 aliphatic rings. The van der Waals surface area contributed by atoms with E-state index in [1.807, 2.05) is 48.5 Å². The van der Waals surface area contributed by atoms with E-state index in [0.717, 1.165) is 41.4 Å². The molecule has 24 heavy (non-hydrogen) atoms. The van der Waals surface area contributed by atoms with E-state index >= 15 is 0 Å². The van der Waals surface area contributed by atoms with Gasteiger partial charge in [0.25, 0.3) is 0 Å². The summed E-state index contributed by atoms with van der Waals surface area (Å²) in [5, 5.41) is 5.04. The Morgan fingerprint density at radius 1 is 1.00 bits per heavy atom. The van der Waals surface area contributed by atoms with Crippen molar-refractivity contribution in [3.63, 3.8) is 0 Å². The van der Waals surface area contributed by atoms with Crippen LogP contribution in [0.15, 0.2) is 48.5 Å². The first kappa shape index (κ1) is 15.2. The summed E-state index contributed by atoms with van der Waals surface area (Å²) in [6.45, 7) is 3.00. The number of hydrogen-bond donors (Lipinski definition) is 1. The summed E-state index contributed by atoms with van der Waals surface area (Å²) in [5.74, 6) is 1.51. The lowest BCUT2D eigenvalue weighted by molar-refractivity contribution is 0.122. The lowest BCUT2D eigenvalue weighted by atomic mass is 10.2. The maximum Gasteiger partial charge on any atom is 0.228 e. The summed E-state index contributed by atoms with van der Waals surface area (Å²) in [6.07, 6.45) is 0. The van der Waals surface area contributed by atoms with Crippen LogP contribution >= 0.6 is 11.6 Å². The van der Waals surface area contributed by atoms with Crippen molar-refractivity contribution in [2.24, 2.45) is 0 Å². The average Bonchev–Trinajstić information content (AvgIpc) is 2.62. The van der Waals surface area contributed by atoms with Gasteiger partial charge in [-0.3, -0.25) is 0 Å². The number of morpholine rings is 1. The highest BCUT2D eigenvalue weighted by Gasteiger charge is 2.16. The van der Waals surface area contributed by atoms with Crippen molar-refractivity contribution in [2.45, 2.75) is 0 Å². The maximum atomic E-state index is 6.09. The molecule has 0 saturated carbocycles. The van der Waals surface area contributed by atoms with Crippen molar-refractivity contribution in [3.05, 3.63) is 53.6 Å². The summed E-state index contributed by atoms with van der Waals surface area (Å²) >= 11 is 6.09. The molecule has 0 spiro atoms. The Morgan fingerprint density at radius 2 is 1.83 bits per heavy atom. The Labute approximate surface area is 145 Å². The van der Waals surface area contributed by atoms with Crippen LogP contribution in [0.2, 0.25) is 5.02 Å². The minimum absolute atomic E-state index is 0.687. The fourth-order valence-electron chi connectivity index (χ4n) is 2.77. The van der Waals surface area contributed by atoms with Gasteiger partial charge in [0.15, 0.2) is 0 Å². The number of ether oxygens (including phenoxy) is 1. The third-order valence-electron chi connectivity index (χ3n) is 3.97. The van der Waals surface area contributed by atoms with Gasteiger partial charge in [-0.15, -0.1) is 0 Å². The van der Waals surface area contributed by atoms with E-state index in [9.17, 15) is 0 Å². The van der Waals surface area contributed by atoms with Gasteiger partial charge in [0, 0.05) is 29.2 Å². The van der Waals surface area contributed by atoms with Crippen molar-refractivity contribution in [3.8, 4) is 0 Å². The fraction of sp³-hybridized carbons (Fsp3) is 0.222. The molecule has 1 aromatic heterocycles. The van der Waals surface area contributed by atoms with Crippen LogP contribution in [0.25, 0.3) is 10.9 Å². The quantitative estimate of drug-likeness (QED) is 0.784. The number of nitrogens with zero attached hydrogens (tertiary/aromatic N) is 3. The van der Waals surface area contributed by atoms with Crippen LogP contribution in [-0.4, -0.2) is 36.3 Å². The predicted octanol–water partition coefficient (Wildman–Crippen LogP) is 3.86. The summed E-state index contributed by atoms with van der Waals surface area (Å²) in [5.41, 5.74) is 1.82. The van der Waals surface area contributed by atoms with Crippen LogP contribution in [0.3, 0.4) is 0 Å². The van der Waals surface area contributed by atoms with Gasteiger partial charge < -0.3 is 15.0 Å². The molecule has 2 aromatic carbocycles. The molecule has 0 bridgehead atoms. The van der Waals surface area contributed by atoms with E-state index in [2.05, 4.69) is 10.2 Å². The number of benzene rings is 2. The van der Waals surface area contributed by atoms with Crippen LogP contribution in [-0.2, 0) is 4.74 Å². The molecule has 4 rings (SSSR count).